The molecule has 1 saturated heterocycles. The van der Waals surface area contributed by atoms with Gasteiger partial charge in [0.25, 0.3) is 0 Å². The van der Waals surface area contributed by atoms with Gasteiger partial charge in [-0.15, -0.1) is 0 Å². The number of hydrogen-bond acceptors (Lipinski definition) is 3. The van der Waals surface area contributed by atoms with Crippen molar-refractivity contribution in [2.75, 3.05) is 19.3 Å². The van der Waals surface area contributed by atoms with Crippen molar-refractivity contribution >= 4 is 10.0 Å². The quantitative estimate of drug-likeness (QED) is 0.687. The highest BCUT2D eigenvalue weighted by atomic mass is 32.2. The van der Waals surface area contributed by atoms with E-state index in [0.29, 0.717) is 0 Å². The van der Waals surface area contributed by atoms with Crippen LogP contribution in [0.1, 0.15) is 88.8 Å². The lowest BCUT2D eigenvalue weighted by atomic mass is 9.63. The van der Waals surface area contributed by atoms with E-state index in [9.17, 15) is 8.42 Å². The maximum Gasteiger partial charge on any atom is 0.209 e. The van der Waals surface area contributed by atoms with Gasteiger partial charge in [0.2, 0.25) is 10.0 Å². The van der Waals surface area contributed by atoms with E-state index in [1.54, 1.807) is 0 Å². The topological polar surface area (TPSA) is 49.4 Å². The highest BCUT2D eigenvalue weighted by molar-refractivity contribution is 7.88. The molecule has 0 bridgehead atoms. The van der Waals surface area contributed by atoms with Gasteiger partial charge in [0.1, 0.15) is 0 Å². The van der Waals surface area contributed by atoms with E-state index in [1.165, 1.54) is 75.4 Å². The lowest BCUT2D eigenvalue weighted by Gasteiger charge is -2.49. The summed E-state index contributed by atoms with van der Waals surface area (Å²) in [7, 11) is -3.21. The largest absolute Gasteiger partial charge is 0.300 e. The number of fused-ring (bicyclic) bond motifs is 2. The minimum absolute atomic E-state index is 0.0763. The van der Waals surface area contributed by atoms with Crippen LogP contribution >= 0.6 is 0 Å². The van der Waals surface area contributed by atoms with Gasteiger partial charge in [-0.3, -0.25) is 0 Å². The number of likely N-dealkylation sites (tertiary alicyclic amines) is 1. The fourth-order valence-electron chi connectivity index (χ4n) is 6.71. The SMILES string of the molecule is CC[C@@H](C[C@@H]1CCC(C)C1)N1CCC2(CC[C@H](NS(C)(=O)=O)c3ccccc32)CC1. The molecule has 4 atom stereocenters. The van der Waals surface area contributed by atoms with Crippen molar-refractivity contribution in [3.63, 3.8) is 0 Å². The number of sulfonamides is 1. The zero-order chi connectivity index (χ0) is 21.4. The van der Waals surface area contributed by atoms with Crippen molar-refractivity contribution in [2.45, 2.75) is 89.1 Å². The molecule has 1 saturated carbocycles. The Morgan fingerprint density at radius 2 is 1.87 bits per heavy atom. The lowest BCUT2D eigenvalue weighted by molar-refractivity contribution is 0.0872. The maximum atomic E-state index is 11.9. The smallest absolute Gasteiger partial charge is 0.209 e. The van der Waals surface area contributed by atoms with Crippen LogP contribution in [-0.4, -0.2) is 38.7 Å². The van der Waals surface area contributed by atoms with Crippen LogP contribution in [0.5, 0.6) is 0 Å². The minimum Gasteiger partial charge on any atom is -0.300 e. The molecule has 1 heterocycles. The highest BCUT2D eigenvalue weighted by Gasteiger charge is 2.43. The molecule has 2 fully saturated rings. The van der Waals surface area contributed by atoms with E-state index in [4.69, 9.17) is 0 Å². The molecular weight excluding hydrogens is 392 g/mol. The van der Waals surface area contributed by atoms with Crippen LogP contribution in [0.15, 0.2) is 24.3 Å². The molecule has 1 unspecified atom stereocenters. The normalized spacial score (nSPS) is 30.3. The van der Waals surface area contributed by atoms with Gasteiger partial charge < -0.3 is 4.90 Å². The molecule has 5 heteroatoms. The van der Waals surface area contributed by atoms with Gasteiger partial charge in [-0.05, 0) is 86.4 Å². The maximum absolute atomic E-state index is 11.9. The Bertz CT molecular complexity index is 829. The molecule has 1 aromatic rings. The number of rotatable bonds is 6. The third kappa shape index (κ3) is 4.78. The molecule has 30 heavy (non-hydrogen) atoms. The summed E-state index contributed by atoms with van der Waals surface area (Å²) in [6.07, 6.45) is 12.6. The van der Waals surface area contributed by atoms with Gasteiger partial charge in [-0.25, -0.2) is 13.1 Å². The molecule has 0 radical (unpaired) electrons. The van der Waals surface area contributed by atoms with Crippen molar-refractivity contribution < 1.29 is 8.42 Å². The molecule has 1 aliphatic heterocycles. The highest BCUT2D eigenvalue weighted by Crippen LogP contribution is 2.48. The zero-order valence-electron chi connectivity index (χ0n) is 19.1. The van der Waals surface area contributed by atoms with E-state index in [-0.39, 0.29) is 11.5 Å². The minimum atomic E-state index is -3.21. The summed E-state index contributed by atoms with van der Waals surface area (Å²) in [5, 5.41) is 0. The molecule has 1 N–H and O–H groups in total. The molecule has 4 nitrogen and oxygen atoms in total. The third-order valence-corrected chi connectivity index (χ3v) is 9.04. The van der Waals surface area contributed by atoms with Crippen LogP contribution in [0.2, 0.25) is 0 Å². The van der Waals surface area contributed by atoms with Crippen molar-refractivity contribution in [2.24, 2.45) is 11.8 Å². The molecule has 2 aliphatic carbocycles. The van der Waals surface area contributed by atoms with Crippen LogP contribution in [0.4, 0.5) is 0 Å². The van der Waals surface area contributed by atoms with E-state index < -0.39 is 10.0 Å². The fourth-order valence-corrected chi connectivity index (χ4v) is 7.47. The van der Waals surface area contributed by atoms with Gasteiger partial charge in [-0.2, -0.15) is 0 Å². The first-order valence-electron chi connectivity index (χ1n) is 12.1. The number of nitrogens with one attached hydrogen (secondary N) is 1. The first-order chi connectivity index (χ1) is 14.3. The fraction of sp³-hybridized carbons (Fsp3) is 0.760. The Morgan fingerprint density at radius 3 is 2.50 bits per heavy atom. The van der Waals surface area contributed by atoms with Crippen LogP contribution in [-0.2, 0) is 15.4 Å². The summed E-state index contributed by atoms with van der Waals surface area (Å²) >= 11 is 0. The third-order valence-electron chi connectivity index (χ3n) is 8.33. The van der Waals surface area contributed by atoms with Gasteiger partial charge in [0, 0.05) is 12.1 Å². The number of piperidine rings is 1. The second-order valence-electron chi connectivity index (χ2n) is 10.5. The van der Waals surface area contributed by atoms with Gasteiger partial charge in [0.15, 0.2) is 0 Å². The lowest BCUT2D eigenvalue weighted by Crippen LogP contribution is -2.49. The predicted molar refractivity (Wildman–Crippen MR) is 124 cm³/mol. The Morgan fingerprint density at radius 1 is 1.13 bits per heavy atom. The van der Waals surface area contributed by atoms with Crippen LogP contribution in [0.3, 0.4) is 0 Å². The van der Waals surface area contributed by atoms with E-state index in [1.807, 2.05) is 0 Å². The summed E-state index contributed by atoms with van der Waals surface area (Å²) in [6, 6.07) is 9.24. The van der Waals surface area contributed by atoms with E-state index >= 15 is 0 Å². The average Bonchev–Trinajstić information content (AvgIpc) is 3.13. The zero-order valence-corrected chi connectivity index (χ0v) is 19.9. The van der Waals surface area contributed by atoms with E-state index in [0.717, 1.165) is 30.7 Å². The monoisotopic (exact) mass is 432 g/mol. The Labute approximate surface area is 183 Å². The first kappa shape index (κ1) is 22.3. The van der Waals surface area contributed by atoms with Crippen molar-refractivity contribution in [1.82, 2.24) is 9.62 Å². The van der Waals surface area contributed by atoms with Gasteiger partial charge >= 0.3 is 0 Å². The molecule has 168 valence electrons. The molecule has 3 aliphatic rings. The molecule has 1 spiro atoms. The Hall–Kier alpha value is -0.910. The number of nitrogens with zero attached hydrogens (tertiary/aromatic N) is 1. The standard InChI is InChI=1S/C25H40N2O2S/c1-4-21(18-20-10-9-19(2)17-20)27-15-13-25(14-16-27)12-11-24(26-30(3,28)29)22-7-5-6-8-23(22)25/h5-8,19-21,24,26H,4,9-18H2,1-3H3/t19?,20-,21+,24+/m1/s1. The summed E-state index contributed by atoms with van der Waals surface area (Å²) < 4.78 is 26.6. The second-order valence-corrected chi connectivity index (χ2v) is 12.2. The Kier molecular flexibility index (Phi) is 6.62. The van der Waals surface area contributed by atoms with Crippen molar-refractivity contribution in [1.29, 1.82) is 0 Å². The molecule has 0 aromatic heterocycles. The van der Waals surface area contributed by atoms with Crippen LogP contribution in [0, 0.1) is 11.8 Å². The van der Waals surface area contributed by atoms with Gasteiger partial charge in [-0.1, -0.05) is 51.0 Å². The first-order valence-corrected chi connectivity index (χ1v) is 14.0. The number of hydrogen-bond donors (Lipinski definition) is 1. The van der Waals surface area contributed by atoms with Crippen molar-refractivity contribution in [3.8, 4) is 0 Å². The summed E-state index contributed by atoms with van der Waals surface area (Å²) in [5.41, 5.74) is 2.83. The van der Waals surface area contributed by atoms with Gasteiger partial charge in [0.05, 0.1) is 6.26 Å². The molecule has 0 amide bonds. The Balaban J connectivity index is 1.45. The average molecular weight is 433 g/mol. The molecule has 1 aromatic carbocycles. The summed E-state index contributed by atoms with van der Waals surface area (Å²) in [4.78, 5) is 2.78. The van der Waals surface area contributed by atoms with Crippen LogP contribution in [0.25, 0.3) is 0 Å². The summed E-state index contributed by atoms with van der Waals surface area (Å²) in [6.45, 7) is 7.14. The van der Waals surface area contributed by atoms with Crippen LogP contribution < -0.4 is 4.72 Å². The second kappa shape index (κ2) is 8.91. The summed E-state index contributed by atoms with van der Waals surface area (Å²) in [5.74, 6) is 1.85. The van der Waals surface area contributed by atoms with E-state index in [2.05, 4.69) is 47.7 Å². The van der Waals surface area contributed by atoms with Crippen molar-refractivity contribution in [3.05, 3.63) is 35.4 Å². The predicted octanol–water partition coefficient (Wildman–Crippen LogP) is 5.01. The number of benzene rings is 1. The molecular formula is C25H40N2O2S. The molecule has 4 rings (SSSR count).